The summed E-state index contributed by atoms with van der Waals surface area (Å²) in [7, 11) is 0. The first kappa shape index (κ1) is 8.62. The molecule has 0 aromatic heterocycles. The Labute approximate surface area is 55.5 Å². The van der Waals surface area contributed by atoms with E-state index in [0.717, 1.165) is 0 Å². The first-order valence-electron chi connectivity index (χ1n) is 2.90. The van der Waals surface area contributed by atoms with Gasteiger partial charge in [0.2, 0.25) is 0 Å². The van der Waals surface area contributed by atoms with Crippen molar-refractivity contribution in [3.63, 3.8) is 0 Å². The second kappa shape index (κ2) is 3.61. The second-order valence-corrected chi connectivity index (χ2v) is 2.23. The van der Waals surface area contributed by atoms with Crippen molar-refractivity contribution in [1.29, 1.82) is 0 Å². The van der Waals surface area contributed by atoms with E-state index in [0.29, 0.717) is 5.70 Å². The Bertz CT molecular complexity index is 101. The molecule has 0 aliphatic carbocycles. The first-order chi connectivity index (χ1) is 4.04. The van der Waals surface area contributed by atoms with Gasteiger partial charge in [-0.05, 0) is 20.4 Å². The van der Waals surface area contributed by atoms with E-state index in [1.54, 1.807) is 20.8 Å². The van der Waals surface area contributed by atoms with E-state index < -0.39 is 0 Å². The fourth-order valence-corrected chi connectivity index (χ4v) is 0.315. The molecule has 0 aromatic carbocycles. The molecule has 0 spiro atoms. The van der Waals surface area contributed by atoms with Gasteiger partial charge in [-0.15, -0.1) is 0 Å². The van der Waals surface area contributed by atoms with Gasteiger partial charge in [0.05, 0.1) is 0 Å². The van der Waals surface area contributed by atoms with Crippen LogP contribution in [0, 0.1) is 5.21 Å². The summed E-state index contributed by atoms with van der Waals surface area (Å²) in [5.41, 5.74) is 0.448. The molecule has 3 heteroatoms. The van der Waals surface area contributed by atoms with Gasteiger partial charge in [0, 0.05) is 6.92 Å². The van der Waals surface area contributed by atoms with Crippen LogP contribution in [0.15, 0.2) is 12.3 Å². The summed E-state index contributed by atoms with van der Waals surface area (Å²) in [4.78, 5) is 4.77. The van der Waals surface area contributed by atoms with E-state index in [9.17, 15) is 5.21 Å². The molecule has 0 amide bonds. The summed E-state index contributed by atoms with van der Waals surface area (Å²) in [6.45, 7) is 8.68. The zero-order valence-electron chi connectivity index (χ0n) is 6.10. The van der Waals surface area contributed by atoms with Crippen molar-refractivity contribution in [2.45, 2.75) is 26.9 Å². The van der Waals surface area contributed by atoms with E-state index in [1.807, 2.05) is 0 Å². The van der Waals surface area contributed by atoms with Crippen LogP contribution in [0.3, 0.4) is 0 Å². The highest BCUT2D eigenvalue weighted by atomic mass is 16.9. The highest BCUT2D eigenvalue weighted by molar-refractivity contribution is 4.68. The molecule has 0 aromatic rings. The van der Waals surface area contributed by atoms with E-state index >= 15 is 0 Å². The minimum absolute atomic E-state index is 0.0470. The van der Waals surface area contributed by atoms with Crippen molar-refractivity contribution >= 4 is 0 Å². The molecular weight excluding hydrogens is 118 g/mol. The molecule has 0 fully saturated rings. The average molecular weight is 131 g/mol. The van der Waals surface area contributed by atoms with E-state index in [2.05, 4.69) is 6.58 Å². The third-order valence-corrected chi connectivity index (χ3v) is 0.691. The summed E-state index contributed by atoms with van der Waals surface area (Å²) in [6.07, 6.45) is -0.0470. The standard InChI is InChI=1S/C6H13NO2/c1-5(2)7(8)9-6(3)4/h6-7H,1H2,2-4H3. The molecule has 0 radical (unpaired) electrons. The maximum atomic E-state index is 10.6. The zero-order chi connectivity index (χ0) is 7.44. The minimum atomic E-state index is -0.315. The van der Waals surface area contributed by atoms with Gasteiger partial charge < -0.3 is 5.21 Å². The Morgan fingerprint density at radius 1 is 1.67 bits per heavy atom. The Kier molecular flexibility index (Phi) is 3.46. The third kappa shape index (κ3) is 4.14. The maximum Gasteiger partial charge on any atom is 0.129 e. The highest BCUT2D eigenvalue weighted by Crippen LogP contribution is 1.79. The second-order valence-electron chi connectivity index (χ2n) is 2.23. The molecule has 1 unspecified atom stereocenters. The lowest BCUT2D eigenvalue weighted by Gasteiger charge is -2.20. The van der Waals surface area contributed by atoms with Crippen LogP contribution in [0.25, 0.3) is 0 Å². The fourth-order valence-electron chi connectivity index (χ4n) is 0.315. The molecule has 1 atom stereocenters. The van der Waals surface area contributed by atoms with E-state index in [-0.39, 0.29) is 11.3 Å². The van der Waals surface area contributed by atoms with Gasteiger partial charge in [0.15, 0.2) is 0 Å². The molecule has 0 rings (SSSR count). The lowest BCUT2D eigenvalue weighted by molar-refractivity contribution is -1.02. The SMILES string of the molecule is C=C(C)[NH+]([O-])OC(C)C. The number of hydrogen-bond donors (Lipinski definition) is 1. The van der Waals surface area contributed by atoms with Crippen LogP contribution in [-0.2, 0) is 4.84 Å². The van der Waals surface area contributed by atoms with Gasteiger partial charge in [-0.1, -0.05) is 0 Å². The third-order valence-electron chi connectivity index (χ3n) is 0.691. The van der Waals surface area contributed by atoms with Gasteiger partial charge in [0.1, 0.15) is 11.8 Å². The van der Waals surface area contributed by atoms with E-state index in [1.165, 1.54) is 0 Å². The number of hydroxylamine groups is 2. The van der Waals surface area contributed by atoms with Crippen molar-refractivity contribution in [2.24, 2.45) is 0 Å². The van der Waals surface area contributed by atoms with Crippen LogP contribution in [0.5, 0.6) is 0 Å². The first-order valence-corrected chi connectivity index (χ1v) is 2.90. The summed E-state index contributed by atoms with van der Waals surface area (Å²) >= 11 is 0. The summed E-state index contributed by atoms with van der Waals surface area (Å²) in [5, 5.41) is 10.3. The van der Waals surface area contributed by atoms with Crippen LogP contribution in [0.2, 0.25) is 0 Å². The van der Waals surface area contributed by atoms with Crippen LogP contribution >= 0.6 is 0 Å². The van der Waals surface area contributed by atoms with Crippen molar-refractivity contribution in [3.8, 4) is 0 Å². The molecule has 0 aliphatic rings. The summed E-state index contributed by atoms with van der Waals surface area (Å²) in [5.74, 6) is 0. The normalized spacial score (nSPS) is 13.9. The summed E-state index contributed by atoms with van der Waals surface area (Å²) < 4.78 is 0. The van der Waals surface area contributed by atoms with Crippen molar-refractivity contribution < 1.29 is 10.1 Å². The van der Waals surface area contributed by atoms with Gasteiger partial charge in [-0.2, -0.15) is 10.1 Å². The molecule has 3 nitrogen and oxygen atoms in total. The smallest absolute Gasteiger partial charge is 0.129 e. The van der Waals surface area contributed by atoms with Crippen LogP contribution < -0.4 is 5.23 Å². The average Bonchev–Trinajstić information content (AvgIpc) is 1.63. The van der Waals surface area contributed by atoms with Gasteiger partial charge in [-0.3, -0.25) is 0 Å². The number of nitrogens with one attached hydrogen (secondary N) is 1. The predicted octanol–water partition coefficient (Wildman–Crippen LogP) is 0.243. The molecule has 54 valence electrons. The van der Waals surface area contributed by atoms with Gasteiger partial charge >= 0.3 is 0 Å². The van der Waals surface area contributed by atoms with Gasteiger partial charge in [-0.25, -0.2) is 0 Å². The minimum Gasteiger partial charge on any atom is -0.595 e. The molecule has 9 heavy (non-hydrogen) atoms. The number of rotatable bonds is 3. The molecule has 0 saturated heterocycles. The lowest BCUT2D eigenvalue weighted by Crippen LogP contribution is -3.04. The molecule has 0 heterocycles. The van der Waals surface area contributed by atoms with Crippen molar-refractivity contribution in [2.75, 3.05) is 0 Å². The Morgan fingerprint density at radius 3 is 2.22 bits per heavy atom. The number of allylic oxidation sites excluding steroid dienone is 1. The van der Waals surface area contributed by atoms with Gasteiger partial charge in [0.25, 0.3) is 0 Å². The quantitative estimate of drug-likeness (QED) is 0.557. The molecule has 0 saturated carbocycles. The van der Waals surface area contributed by atoms with Crippen LogP contribution in [-0.4, -0.2) is 6.10 Å². The summed E-state index contributed by atoms with van der Waals surface area (Å²) in [6, 6.07) is 0. The predicted molar refractivity (Wildman–Crippen MR) is 35.4 cm³/mol. The highest BCUT2D eigenvalue weighted by Gasteiger charge is 2.00. The zero-order valence-corrected chi connectivity index (χ0v) is 6.10. The number of quaternary nitrogens is 1. The Balaban J connectivity index is 3.50. The fraction of sp³-hybridized carbons (Fsp3) is 0.667. The van der Waals surface area contributed by atoms with Crippen molar-refractivity contribution in [3.05, 3.63) is 17.5 Å². The Morgan fingerprint density at radius 2 is 2.11 bits per heavy atom. The molecule has 0 aliphatic heterocycles. The largest absolute Gasteiger partial charge is 0.595 e. The monoisotopic (exact) mass is 131 g/mol. The molecular formula is C6H13NO2. The lowest BCUT2D eigenvalue weighted by atomic mass is 10.5. The topological polar surface area (TPSA) is 36.7 Å². The van der Waals surface area contributed by atoms with E-state index in [4.69, 9.17) is 4.84 Å². The van der Waals surface area contributed by atoms with Crippen molar-refractivity contribution in [1.82, 2.24) is 0 Å². The Hall–Kier alpha value is -0.380. The van der Waals surface area contributed by atoms with Crippen LogP contribution in [0.1, 0.15) is 20.8 Å². The molecule has 0 bridgehead atoms. The maximum absolute atomic E-state index is 10.6. The number of hydrogen-bond acceptors (Lipinski definition) is 2. The van der Waals surface area contributed by atoms with Crippen LogP contribution in [0.4, 0.5) is 0 Å². The molecule has 1 N–H and O–H groups in total.